The molecule has 0 atom stereocenters. The molecule has 0 aliphatic rings. The summed E-state index contributed by atoms with van der Waals surface area (Å²) >= 11 is 0. The number of rotatable bonds is 12. The van der Waals surface area contributed by atoms with Crippen molar-refractivity contribution in [2.24, 2.45) is 0 Å². The highest BCUT2D eigenvalue weighted by atomic mass is 15.2. The zero-order chi connectivity index (χ0) is 58.1. The van der Waals surface area contributed by atoms with E-state index in [1.165, 1.54) is 10.8 Å². The number of fused-ring (bicyclic) bond motifs is 10. The maximum absolute atomic E-state index is 5.95. The highest BCUT2D eigenvalue weighted by Gasteiger charge is 2.25. The first-order chi connectivity index (χ1) is 43.7. The van der Waals surface area contributed by atoms with E-state index in [-0.39, 0.29) is 0 Å². The van der Waals surface area contributed by atoms with Crippen LogP contribution in [0.3, 0.4) is 0 Å². The van der Waals surface area contributed by atoms with Crippen LogP contribution < -0.4 is 14.7 Å². The lowest BCUT2D eigenvalue weighted by Crippen LogP contribution is -2.12. The van der Waals surface area contributed by atoms with Gasteiger partial charge < -0.3 is 19.3 Å². The van der Waals surface area contributed by atoms with Crippen LogP contribution in [0, 0.1) is 0 Å². The van der Waals surface area contributed by atoms with Gasteiger partial charge in [0.25, 0.3) is 0 Å². The molecule has 0 radical (unpaired) electrons. The summed E-state index contributed by atoms with van der Waals surface area (Å²) < 4.78 is 7.00. The summed E-state index contributed by atoms with van der Waals surface area (Å²) in [6, 6.07) is 117. The van der Waals surface area contributed by atoms with Crippen molar-refractivity contribution in [3.8, 4) is 17.5 Å². The van der Waals surface area contributed by atoms with Gasteiger partial charge in [-0.25, -0.2) is 4.98 Å². The van der Waals surface area contributed by atoms with Crippen molar-refractivity contribution in [3.63, 3.8) is 0 Å². The molecule has 0 fully saturated rings. The van der Waals surface area contributed by atoms with E-state index in [0.717, 1.165) is 128 Å². The van der Waals surface area contributed by atoms with Crippen molar-refractivity contribution in [1.82, 2.24) is 23.7 Å². The Bertz CT molecular complexity index is 5370. The molecule has 0 N–H and O–H groups in total. The van der Waals surface area contributed by atoms with Crippen LogP contribution in [0.15, 0.2) is 328 Å². The molecule has 17 rings (SSSR count). The fourth-order valence-corrected chi connectivity index (χ4v) is 13.3. The number of benzene rings is 13. The number of anilines is 9. The van der Waals surface area contributed by atoms with Gasteiger partial charge in [0.15, 0.2) is 5.82 Å². The van der Waals surface area contributed by atoms with E-state index < -0.39 is 0 Å². The third-order valence-corrected chi connectivity index (χ3v) is 17.1. The molecule has 0 spiro atoms. The molecule has 17 aromatic rings. The molecule has 0 aliphatic heterocycles. The largest absolute Gasteiger partial charge is 0.310 e. The van der Waals surface area contributed by atoms with Crippen molar-refractivity contribution in [2.45, 2.75) is 0 Å². The number of hydrogen-bond acceptors (Lipinski definition) is 5. The van der Waals surface area contributed by atoms with Crippen molar-refractivity contribution < 1.29 is 0 Å². The van der Waals surface area contributed by atoms with Gasteiger partial charge in [0.05, 0.1) is 38.6 Å². The molecule has 414 valence electrons. The summed E-state index contributed by atoms with van der Waals surface area (Å²) in [7, 11) is 0. The van der Waals surface area contributed by atoms with Crippen LogP contribution in [0.4, 0.5) is 51.2 Å². The van der Waals surface area contributed by atoms with E-state index in [1.54, 1.807) is 0 Å². The zero-order valence-corrected chi connectivity index (χ0v) is 47.8. The summed E-state index contributed by atoms with van der Waals surface area (Å²) in [5.41, 5.74) is 17.6. The quantitative estimate of drug-likeness (QED) is 0.122. The Morgan fingerprint density at radius 1 is 0.205 bits per heavy atom. The Morgan fingerprint density at radius 2 is 0.534 bits per heavy atom. The average Bonchev–Trinajstić information content (AvgIpc) is 2.12. The van der Waals surface area contributed by atoms with E-state index in [2.05, 4.69) is 356 Å². The first kappa shape index (κ1) is 50.5. The van der Waals surface area contributed by atoms with Gasteiger partial charge in [-0.05, 0) is 158 Å². The summed E-state index contributed by atoms with van der Waals surface area (Å²) in [5, 5.41) is 7.69. The Morgan fingerprint density at radius 3 is 1.02 bits per heavy atom. The highest BCUT2D eigenvalue weighted by Crippen LogP contribution is 2.45. The summed E-state index contributed by atoms with van der Waals surface area (Å²) in [4.78, 5) is 18.7. The molecular formula is C80H54N8. The van der Waals surface area contributed by atoms with Gasteiger partial charge in [-0.15, -0.1) is 0 Å². The lowest BCUT2D eigenvalue weighted by Gasteiger charge is -2.26. The van der Waals surface area contributed by atoms with E-state index in [4.69, 9.17) is 9.97 Å². The lowest BCUT2D eigenvalue weighted by molar-refractivity contribution is 0.972. The molecule has 8 heteroatoms. The first-order valence-corrected chi connectivity index (χ1v) is 29.8. The monoisotopic (exact) mass is 1130 g/mol. The number of aromatic nitrogens is 5. The van der Waals surface area contributed by atoms with Gasteiger partial charge in [0, 0.05) is 94.6 Å². The summed E-state index contributed by atoms with van der Waals surface area (Å²) in [6.07, 6.45) is 0. The van der Waals surface area contributed by atoms with E-state index in [9.17, 15) is 0 Å². The predicted octanol–water partition coefficient (Wildman–Crippen LogP) is 21.3. The molecular weight excluding hydrogens is 1070 g/mol. The molecule has 0 saturated heterocycles. The number of nitrogens with zero attached hydrogens (tertiary/aromatic N) is 8. The SMILES string of the molecule is c1ccc(N(c2ccc3nc(-n4c5ccccc5c5ccc(N(c6ccccc6)c6ccccc6)cc54)nc(-n4c5ccccc5c5cc(N(c6ccccc6)c6ccccc6)ccc54)c3c2)c2ccc3c(c2)c2ccccc2n3-c2ccccc2)cc1. The Balaban J connectivity index is 0.927. The molecule has 13 aromatic carbocycles. The second-order valence-electron chi connectivity index (χ2n) is 22.2. The molecule has 0 unspecified atom stereocenters. The standard InChI is InChI=1S/C80H54N8/c1-7-25-55(26-8-1)83(56-27-9-2-10-28-56)62-46-50-77-70(51-62)67-39-21-23-41-74(67)87(77)79-71-53-61(85(59-33-15-5-16-34-59)63-45-49-76-69(52-63)66-38-20-22-40-73(66)86(76)60-35-17-6-18-36-60)44-48-72(71)81-80(82-79)88-75-42-24-19-37-65(75)68-47-43-64(54-78(68)88)84(57-29-11-3-12-30-57)58-31-13-4-14-32-58/h1-54H. The van der Waals surface area contributed by atoms with Gasteiger partial charge in [-0.1, -0.05) is 170 Å². The zero-order valence-electron chi connectivity index (χ0n) is 47.8. The fourth-order valence-electron chi connectivity index (χ4n) is 13.3. The van der Waals surface area contributed by atoms with E-state index >= 15 is 0 Å². The minimum absolute atomic E-state index is 0.562. The highest BCUT2D eigenvalue weighted by molar-refractivity contribution is 6.14. The van der Waals surface area contributed by atoms with Crippen molar-refractivity contribution in [2.75, 3.05) is 14.7 Å². The van der Waals surface area contributed by atoms with Crippen molar-refractivity contribution in [3.05, 3.63) is 328 Å². The van der Waals surface area contributed by atoms with Crippen LogP contribution in [-0.4, -0.2) is 23.7 Å². The molecule has 88 heavy (non-hydrogen) atoms. The molecule has 0 amide bonds. The fraction of sp³-hybridized carbons (Fsp3) is 0. The molecule has 8 nitrogen and oxygen atoms in total. The Labute approximate surface area is 508 Å². The van der Waals surface area contributed by atoms with Gasteiger partial charge >= 0.3 is 0 Å². The summed E-state index contributed by atoms with van der Waals surface area (Å²) in [5.74, 6) is 1.32. The van der Waals surface area contributed by atoms with Crippen LogP contribution in [0.5, 0.6) is 0 Å². The van der Waals surface area contributed by atoms with Crippen LogP contribution in [-0.2, 0) is 0 Å². The number of para-hydroxylation sites is 9. The van der Waals surface area contributed by atoms with Crippen molar-refractivity contribution >= 4 is 128 Å². The topological polar surface area (TPSA) is 50.3 Å². The first-order valence-electron chi connectivity index (χ1n) is 29.8. The lowest BCUT2D eigenvalue weighted by atomic mass is 10.1. The maximum atomic E-state index is 5.95. The van der Waals surface area contributed by atoms with Crippen LogP contribution in [0.1, 0.15) is 0 Å². The Kier molecular flexibility index (Phi) is 12.0. The molecule has 0 saturated carbocycles. The van der Waals surface area contributed by atoms with Gasteiger partial charge in [-0.2, -0.15) is 4.98 Å². The Hall–Kier alpha value is -12.0. The third-order valence-electron chi connectivity index (χ3n) is 17.1. The van der Waals surface area contributed by atoms with Gasteiger partial charge in [0.1, 0.15) is 0 Å². The summed E-state index contributed by atoms with van der Waals surface area (Å²) in [6.45, 7) is 0. The van der Waals surface area contributed by atoms with Crippen LogP contribution >= 0.6 is 0 Å². The second-order valence-corrected chi connectivity index (χ2v) is 22.2. The smallest absolute Gasteiger partial charge is 0.237 e. The van der Waals surface area contributed by atoms with Crippen molar-refractivity contribution in [1.29, 1.82) is 0 Å². The third kappa shape index (κ3) is 8.37. The van der Waals surface area contributed by atoms with Gasteiger partial charge in [-0.3, -0.25) is 9.13 Å². The molecule has 4 heterocycles. The molecule has 0 bridgehead atoms. The molecule has 0 aliphatic carbocycles. The maximum Gasteiger partial charge on any atom is 0.237 e. The predicted molar refractivity (Wildman–Crippen MR) is 367 cm³/mol. The number of hydrogen-bond donors (Lipinski definition) is 0. The average molecular weight is 1130 g/mol. The normalized spacial score (nSPS) is 11.6. The van der Waals surface area contributed by atoms with Crippen LogP contribution in [0.25, 0.3) is 93.8 Å². The minimum Gasteiger partial charge on any atom is -0.310 e. The van der Waals surface area contributed by atoms with Gasteiger partial charge in [0.2, 0.25) is 5.95 Å². The van der Waals surface area contributed by atoms with E-state index in [1.807, 2.05) is 0 Å². The van der Waals surface area contributed by atoms with Crippen LogP contribution in [0.2, 0.25) is 0 Å². The second kappa shape index (κ2) is 21.0. The molecule has 4 aromatic heterocycles. The minimum atomic E-state index is 0.562. The van der Waals surface area contributed by atoms with E-state index in [0.29, 0.717) is 5.95 Å².